The van der Waals surface area contributed by atoms with Gasteiger partial charge in [0, 0.05) is 6.54 Å². The Balaban J connectivity index is 1.90. The first kappa shape index (κ1) is 12.8. The first-order valence-electron chi connectivity index (χ1n) is 6.35. The number of likely N-dealkylation sites (tertiary alicyclic amines) is 1. The Hall–Kier alpha value is -1.61. The highest BCUT2D eigenvalue weighted by Crippen LogP contribution is 2.18. The Bertz CT molecular complexity index is 414. The molecule has 1 aliphatic heterocycles. The molecule has 0 radical (unpaired) electrons. The Morgan fingerprint density at radius 3 is 2.94 bits per heavy atom. The molecule has 0 aliphatic carbocycles. The molecule has 96 valence electrons. The van der Waals surface area contributed by atoms with Crippen LogP contribution in [0.5, 0.6) is 0 Å². The molecule has 0 aromatic heterocycles. The number of hydrogen-bond donors (Lipinski definition) is 0. The van der Waals surface area contributed by atoms with Crippen molar-refractivity contribution in [2.45, 2.75) is 18.9 Å². The summed E-state index contributed by atoms with van der Waals surface area (Å²) in [6, 6.07) is 10.1. The van der Waals surface area contributed by atoms with Gasteiger partial charge in [0.1, 0.15) is 6.04 Å². The minimum Gasteiger partial charge on any atom is -0.468 e. The van der Waals surface area contributed by atoms with Gasteiger partial charge in [-0.1, -0.05) is 42.5 Å². The van der Waals surface area contributed by atoms with Crippen molar-refractivity contribution in [2.75, 3.05) is 20.2 Å². The van der Waals surface area contributed by atoms with Crippen LogP contribution in [-0.4, -0.2) is 37.1 Å². The zero-order valence-corrected chi connectivity index (χ0v) is 10.7. The second kappa shape index (κ2) is 6.36. The molecule has 3 heteroatoms. The van der Waals surface area contributed by atoms with Crippen molar-refractivity contribution < 1.29 is 9.53 Å². The molecule has 1 aromatic rings. The molecule has 1 aliphatic rings. The van der Waals surface area contributed by atoms with E-state index in [0.29, 0.717) is 0 Å². The van der Waals surface area contributed by atoms with Gasteiger partial charge in [-0.05, 0) is 24.9 Å². The van der Waals surface area contributed by atoms with Gasteiger partial charge in [-0.15, -0.1) is 0 Å². The third-order valence-electron chi connectivity index (χ3n) is 3.29. The SMILES string of the molecule is COC(=O)C1CCCN1C/C=C/c1ccccc1. The van der Waals surface area contributed by atoms with Crippen LogP contribution in [0.1, 0.15) is 18.4 Å². The fraction of sp³-hybridized carbons (Fsp3) is 0.400. The number of nitrogens with zero attached hydrogens (tertiary/aromatic N) is 1. The van der Waals surface area contributed by atoms with Crippen molar-refractivity contribution in [1.29, 1.82) is 0 Å². The van der Waals surface area contributed by atoms with E-state index in [2.05, 4.69) is 29.2 Å². The van der Waals surface area contributed by atoms with Crippen LogP contribution in [0.25, 0.3) is 6.08 Å². The number of esters is 1. The van der Waals surface area contributed by atoms with Crippen LogP contribution < -0.4 is 0 Å². The molecule has 0 saturated carbocycles. The minimum atomic E-state index is -0.111. The fourth-order valence-corrected chi connectivity index (χ4v) is 2.34. The minimum absolute atomic E-state index is 0.0598. The Morgan fingerprint density at radius 1 is 1.44 bits per heavy atom. The third-order valence-corrected chi connectivity index (χ3v) is 3.29. The molecular weight excluding hydrogens is 226 g/mol. The summed E-state index contributed by atoms with van der Waals surface area (Å²) in [7, 11) is 1.46. The summed E-state index contributed by atoms with van der Waals surface area (Å²) < 4.78 is 4.82. The molecular formula is C15H19NO2. The van der Waals surface area contributed by atoms with E-state index >= 15 is 0 Å². The number of hydrogen-bond acceptors (Lipinski definition) is 3. The Kier molecular flexibility index (Phi) is 4.53. The summed E-state index contributed by atoms with van der Waals surface area (Å²) >= 11 is 0. The monoisotopic (exact) mass is 245 g/mol. The van der Waals surface area contributed by atoms with E-state index in [9.17, 15) is 4.79 Å². The first-order chi connectivity index (χ1) is 8.81. The second-order valence-corrected chi connectivity index (χ2v) is 4.49. The van der Waals surface area contributed by atoms with Gasteiger partial charge in [-0.3, -0.25) is 9.69 Å². The summed E-state index contributed by atoms with van der Waals surface area (Å²) in [4.78, 5) is 13.7. The van der Waals surface area contributed by atoms with Crippen molar-refractivity contribution in [1.82, 2.24) is 4.90 Å². The van der Waals surface area contributed by atoms with E-state index in [1.165, 1.54) is 12.7 Å². The predicted octanol–water partition coefficient (Wildman–Crippen LogP) is 2.34. The summed E-state index contributed by atoms with van der Waals surface area (Å²) in [5, 5.41) is 0. The van der Waals surface area contributed by atoms with Crippen LogP contribution in [0, 0.1) is 0 Å². The van der Waals surface area contributed by atoms with Gasteiger partial charge >= 0.3 is 5.97 Å². The molecule has 0 amide bonds. The Morgan fingerprint density at radius 2 is 2.22 bits per heavy atom. The van der Waals surface area contributed by atoms with Gasteiger partial charge in [0.2, 0.25) is 0 Å². The maximum atomic E-state index is 11.6. The number of ether oxygens (including phenoxy) is 1. The van der Waals surface area contributed by atoms with Crippen molar-refractivity contribution in [3.63, 3.8) is 0 Å². The highest BCUT2D eigenvalue weighted by molar-refractivity contribution is 5.76. The average molecular weight is 245 g/mol. The lowest BCUT2D eigenvalue weighted by atomic mass is 10.2. The molecule has 0 N–H and O–H groups in total. The number of methoxy groups -OCH3 is 1. The summed E-state index contributed by atoms with van der Waals surface area (Å²) in [6.07, 6.45) is 6.17. The average Bonchev–Trinajstić information content (AvgIpc) is 2.87. The van der Waals surface area contributed by atoms with Crippen molar-refractivity contribution in [3.05, 3.63) is 42.0 Å². The molecule has 3 nitrogen and oxygen atoms in total. The zero-order chi connectivity index (χ0) is 12.8. The maximum absolute atomic E-state index is 11.6. The van der Waals surface area contributed by atoms with E-state index in [1.54, 1.807) is 0 Å². The third kappa shape index (κ3) is 3.20. The summed E-state index contributed by atoms with van der Waals surface area (Å²) in [5.74, 6) is -0.111. The van der Waals surface area contributed by atoms with Crippen LogP contribution in [0.15, 0.2) is 36.4 Å². The standard InChI is InChI=1S/C15H19NO2/c1-18-15(17)14-10-6-12-16(14)11-5-9-13-7-3-2-4-8-13/h2-5,7-9,14H,6,10-12H2,1H3/b9-5+. The van der Waals surface area contributed by atoms with Crippen LogP contribution in [-0.2, 0) is 9.53 Å². The summed E-state index contributed by atoms with van der Waals surface area (Å²) in [5.41, 5.74) is 1.19. The normalized spacial score (nSPS) is 20.4. The molecule has 2 rings (SSSR count). The van der Waals surface area contributed by atoms with Crippen LogP contribution in [0.3, 0.4) is 0 Å². The molecule has 1 fully saturated rings. The van der Waals surface area contributed by atoms with Crippen molar-refractivity contribution in [3.8, 4) is 0 Å². The molecule has 0 spiro atoms. The van der Waals surface area contributed by atoms with Gasteiger partial charge < -0.3 is 4.74 Å². The van der Waals surface area contributed by atoms with Crippen molar-refractivity contribution in [2.24, 2.45) is 0 Å². The largest absolute Gasteiger partial charge is 0.468 e. The quantitative estimate of drug-likeness (QED) is 0.763. The van der Waals surface area contributed by atoms with E-state index in [0.717, 1.165) is 25.9 Å². The van der Waals surface area contributed by atoms with E-state index in [1.807, 2.05) is 18.2 Å². The molecule has 1 atom stereocenters. The maximum Gasteiger partial charge on any atom is 0.323 e. The first-order valence-corrected chi connectivity index (χ1v) is 6.35. The number of benzene rings is 1. The molecule has 1 saturated heterocycles. The molecule has 0 bridgehead atoms. The number of carbonyl (C=O) groups is 1. The smallest absolute Gasteiger partial charge is 0.323 e. The van der Waals surface area contributed by atoms with Crippen LogP contribution in [0.2, 0.25) is 0 Å². The van der Waals surface area contributed by atoms with E-state index in [-0.39, 0.29) is 12.0 Å². The van der Waals surface area contributed by atoms with Gasteiger partial charge in [0.15, 0.2) is 0 Å². The van der Waals surface area contributed by atoms with Gasteiger partial charge in [0.05, 0.1) is 7.11 Å². The van der Waals surface area contributed by atoms with Gasteiger partial charge in [-0.25, -0.2) is 0 Å². The Labute approximate surface area is 108 Å². The highest BCUT2D eigenvalue weighted by Gasteiger charge is 2.30. The lowest BCUT2D eigenvalue weighted by Gasteiger charge is -2.20. The van der Waals surface area contributed by atoms with Gasteiger partial charge in [-0.2, -0.15) is 0 Å². The highest BCUT2D eigenvalue weighted by atomic mass is 16.5. The predicted molar refractivity (Wildman–Crippen MR) is 72.1 cm³/mol. The molecule has 1 unspecified atom stereocenters. The second-order valence-electron chi connectivity index (χ2n) is 4.49. The zero-order valence-electron chi connectivity index (χ0n) is 10.7. The van der Waals surface area contributed by atoms with E-state index in [4.69, 9.17) is 4.74 Å². The van der Waals surface area contributed by atoms with Gasteiger partial charge in [0.25, 0.3) is 0 Å². The van der Waals surface area contributed by atoms with Crippen LogP contribution in [0.4, 0.5) is 0 Å². The number of rotatable bonds is 4. The lowest BCUT2D eigenvalue weighted by molar-refractivity contribution is -0.145. The van der Waals surface area contributed by atoms with Crippen molar-refractivity contribution >= 4 is 12.0 Å². The molecule has 18 heavy (non-hydrogen) atoms. The lowest BCUT2D eigenvalue weighted by Crippen LogP contribution is -2.36. The molecule has 1 aromatic carbocycles. The van der Waals surface area contributed by atoms with Crippen LogP contribution >= 0.6 is 0 Å². The van der Waals surface area contributed by atoms with E-state index < -0.39 is 0 Å². The fourth-order valence-electron chi connectivity index (χ4n) is 2.34. The molecule has 1 heterocycles. The topological polar surface area (TPSA) is 29.5 Å². The number of carbonyl (C=O) groups excluding carboxylic acids is 1. The summed E-state index contributed by atoms with van der Waals surface area (Å²) in [6.45, 7) is 1.77.